The topological polar surface area (TPSA) is 71.8 Å². The number of piperidine rings is 1. The maximum atomic E-state index is 12.6. The lowest BCUT2D eigenvalue weighted by molar-refractivity contribution is 0.0879. The van der Waals surface area contributed by atoms with Gasteiger partial charge in [0.25, 0.3) is 5.91 Å². The Morgan fingerprint density at radius 3 is 2.47 bits per heavy atom. The maximum absolute atomic E-state index is 12.6. The number of ether oxygens (including phenoxy) is 1. The van der Waals surface area contributed by atoms with Crippen LogP contribution in [0.3, 0.4) is 0 Å². The van der Waals surface area contributed by atoms with Crippen LogP contribution in [-0.4, -0.2) is 41.3 Å². The minimum atomic E-state index is -1.26. The van der Waals surface area contributed by atoms with Gasteiger partial charge in [-0.2, -0.15) is 0 Å². The van der Waals surface area contributed by atoms with Gasteiger partial charge in [-0.25, -0.2) is 0 Å². The quantitative estimate of drug-likeness (QED) is 0.560. The van der Waals surface area contributed by atoms with Crippen molar-refractivity contribution < 1.29 is 18.2 Å². The molecule has 3 aromatic rings. The fraction of sp³-hybridized carbons (Fsp3) is 0.320. The Balaban J connectivity index is 1.25. The van der Waals surface area contributed by atoms with Crippen LogP contribution in [0.15, 0.2) is 76.0 Å². The van der Waals surface area contributed by atoms with Crippen LogP contribution in [0.4, 0.5) is 0 Å². The highest BCUT2D eigenvalue weighted by molar-refractivity contribution is 7.84. The van der Waals surface area contributed by atoms with Crippen LogP contribution in [0.5, 0.6) is 5.75 Å². The van der Waals surface area contributed by atoms with Crippen LogP contribution < -0.4 is 10.1 Å². The first-order valence-corrected chi connectivity index (χ1v) is 12.1. The molecular formula is C25H28N2O4S. The predicted molar refractivity (Wildman–Crippen MR) is 124 cm³/mol. The summed E-state index contributed by atoms with van der Waals surface area (Å²) in [6.07, 6.45) is 1.82. The number of furan rings is 1. The summed E-state index contributed by atoms with van der Waals surface area (Å²) in [5.41, 5.74) is 1.31. The van der Waals surface area contributed by atoms with Gasteiger partial charge in [-0.3, -0.25) is 13.9 Å². The van der Waals surface area contributed by atoms with Gasteiger partial charge in [0.2, 0.25) is 0 Å². The third-order valence-corrected chi connectivity index (χ3v) is 7.00. The Hall–Kier alpha value is -2.90. The Morgan fingerprint density at radius 1 is 1.06 bits per heavy atom. The number of benzene rings is 2. The summed E-state index contributed by atoms with van der Waals surface area (Å²) in [6, 6.07) is 21.1. The molecular weight excluding hydrogens is 424 g/mol. The summed E-state index contributed by atoms with van der Waals surface area (Å²) >= 11 is 0. The van der Waals surface area contributed by atoms with E-state index in [1.165, 1.54) is 5.56 Å². The molecule has 7 heteroatoms. The van der Waals surface area contributed by atoms with Crippen LogP contribution >= 0.6 is 0 Å². The molecule has 2 aromatic carbocycles. The Bertz CT molecular complexity index is 1040. The second-order valence-corrected chi connectivity index (χ2v) is 9.39. The van der Waals surface area contributed by atoms with E-state index in [1.54, 1.807) is 43.5 Å². The fourth-order valence-corrected chi connectivity index (χ4v) is 4.87. The molecule has 1 aliphatic heterocycles. The molecule has 1 aromatic heterocycles. The molecule has 6 nitrogen and oxygen atoms in total. The number of carbonyl (C=O) groups is 1. The number of hydrogen-bond donors (Lipinski definition) is 1. The van der Waals surface area contributed by atoms with Gasteiger partial charge < -0.3 is 14.5 Å². The fourth-order valence-electron chi connectivity index (χ4n) is 3.85. The molecule has 4 rings (SSSR count). The van der Waals surface area contributed by atoms with Crippen LogP contribution in [-0.2, 0) is 23.1 Å². The van der Waals surface area contributed by atoms with Crippen LogP contribution in [0.1, 0.15) is 34.7 Å². The maximum Gasteiger partial charge on any atom is 0.287 e. The number of carbonyl (C=O) groups excluding carboxylic acids is 1. The van der Waals surface area contributed by atoms with E-state index in [2.05, 4.69) is 34.5 Å². The molecule has 168 valence electrons. The predicted octanol–water partition coefficient (Wildman–Crippen LogP) is 3.99. The van der Waals surface area contributed by atoms with Crippen molar-refractivity contribution in [2.24, 2.45) is 0 Å². The van der Waals surface area contributed by atoms with E-state index in [1.807, 2.05) is 6.07 Å². The summed E-state index contributed by atoms with van der Waals surface area (Å²) in [5, 5.41) is 3.08. The zero-order valence-corrected chi connectivity index (χ0v) is 19.0. The van der Waals surface area contributed by atoms with Gasteiger partial charge in [0.1, 0.15) is 11.5 Å². The second kappa shape index (κ2) is 10.6. The molecule has 1 fully saturated rings. The zero-order chi connectivity index (χ0) is 22.3. The number of likely N-dealkylation sites (tertiary alicyclic amines) is 1. The molecule has 0 saturated carbocycles. The minimum Gasteiger partial charge on any atom is -0.497 e. The summed E-state index contributed by atoms with van der Waals surface area (Å²) in [7, 11) is 0.334. The number of nitrogens with zero attached hydrogens (tertiary/aromatic N) is 1. The lowest BCUT2D eigenvalue weighted by Gasteiger charge is -2.32. The molecule has 1 amide bonds. The smallest absolute Gasteiger partial charge is 0.287 e. The van der Waals surface area contributed by atoms with Crippen molar-refractivity contribution >= 4 is 16.7 Å². The lowest BCUT2D eigenvalue weighted by Crippen LogP contribution is -2.44. The summed E-state index contributed by atoms with van der Waals surface area (Å²) in [4.78, 5) is 15.7. The van der Waals surface area contributed by atoms with Crippen molar-refractivity contribution in [3.05, 3.63) is 83.8 Å². The Kier molecular flexibility index (Phi) is 7.39. The summed E-state index contributed by atoms with van der Waals surface area (Å²) in [6.45, 7) is 2.84. The Labute approximate surface area is 191 Å². The number of rotatable bonds is 8. The summed E-state index contributed by atoms with van der Waals surface area (Å²) < 4.78 is 23.4. The molecule has 0 aliphatic carbocycles. The van der Waals surface area contributed by atoms with E-state index in [4.69, 9.17) is 9.15 Å². The minimum absolute atomic E-state index is 0.136. The SMILES string of the molecule is COc1ccc([S@](=O)Cc2ccc(C(=O)NC3CCN(Cc4ccccc4)CC3)o2)cc1. The molecule has 2 heterocycles. The highest BCUT2D eigenvalue weighted by Gasteiger charge is 2.22. The van der Waals surface area contributed by atoms with Gasteiger partial charge in [-0.1, -0.05) is 30.3 Å². The first kappa shape index (κ1) is 22.3. The van der Waals surface area contributed by atoms with Crippen molar-refractivity contribution in [3.63, 3.8) is 0 Å². The average molecular weight is 453 g/mol. The molecule has 0 radical (unpaired) electrons. The number of nitrogens with one attached hydrogen (secondary N) is 1. The lowest BCUT2D eigenvalue weighted by atomic mass is 10.0. The van der Waals surface area contributed by atoms with Gasteiger partial charge in [-0.05, 0) is 54.8 Å². The zero-order valence-electron chi connectivity index (χ0n) is 18.2. The van der Waals surface area contributed by atoms with E-state index in [9.17, 15) is 9.00 Å². The largest absolute Gasteiger partial charge is 0.497 e. The van der Waals surface area contributed by atoms with E-state index < -0.39 is 10.8 Å². The highest BCUT2D eigenvalue weighted by Crippen LogP contribution is 2.19. The third-order valence-electron chi connectivity index (χ3n) is 5.65. The average Bonchev–Trinajstić information content (AvgIpc) is 3.30. The van der Waals surface area contributed by atoms with Gasteiger partial charge in [0.15, 0.2) is 5.76 Å². The number of hydrogen-bond acceptors (Lipinski definition) is 5. The second-order valence-electron chi connectivity index (χ2n) is 7.94. The molecule has 32 heavy (non-hydrogen) atoms. The van der Waals surface area contributed by atoms with E-state index in [0.717, 1.165) is 32.5 Å². The van der Waals surface area contributed by atoms with Crippen LogP contribution in [0.2, 0.25) is 0 Å². The molecule has 1 N–H and O–H groups in total. The first-order valence-electron chi connectivity index (χ1n) is 10.8. The summed E-state index contributed by atoms with van der Waals surface area (Å²) in [5.74, 6) is 1.51. The number of methoxy groups -OCH3 is 1. The van der Waals surface area contributed by atoms with Crippen LogP contribution in [0.25, 0.3) is 0 Å². The highest BCUT2D eigenvalue weighted by atomic mass is 32.2. The normalized spacial score (nSPS) is 15.9. The van der Waals surface area contributed by atoms with E-state index >= 15 is 0 Å². The van der Waals surface area contributed by atoms with Gasteiger partial charge in [0, 0.05) is 30.6 Å². The molecule has 1 aliphatic rings. The number of amides is 1. The molecule has 0 bridgehead atoms. The van der Waals surface area contributed by atoms with Gasteiger partial charge >= 0.3 is 0 Å². The van der Waals surface area contributed by atoms with Crippen molar-refractivity contribution in [2.45, 2.75) is 36.1 Å². The molecule has 1 atom stereocenters. The van der Waals surface area contributed by atoms with Gasteiger partial charge in [0.05, 0.1) is 23.7 Å². The third kappa shape index (κ3) is 5.87. The van der Waals surface area contributed by atoms with Crippen molar-refractivity contribution in [1.82, 2.24) is 10.2 Å². The monoisotopic (exact) mass is 452 g/mol. The van der Waals surface area contributed by atoms with E-state index in [-0.39, 0.29) is 23.5 Å². The van der Waals surface area contributed by atoms with Crippen molar-refractivity contribution in [3.8, 4) is 5.75 Å². The Morgan fingerprint density at radius 2 is 1.78 bits per heavy atom. The molecule has 1 saturated heterocycles. The molecule has 0 unspecified atom stereocenters. The van der Waals surface area contributed by atoms with Crippen molar-refractivity contribution in [2.75, 3.05) is 20.2 Å². The van der Waals surface area contributed by atoms with Gasteiger partial charge in [-0.15, -0.1) is 0 Å². The first-order chi connectivity index (χ1) is 15.6. The standard InChI is InChI=1S/C25H28N2O4S/c1-30-21-7-10-23(11-8-21)32(29)18-22-9-12-24(31-22)25(28)26-20-13-15-27(16-14-20)17-19-5-3-2-4-6-19/h2-12,20H,13-18H2,1H3,(H,26,28)/t32-/m1/s1. The van der Waals surface area contributed by atoms with E-state index in [0.29, 0.717) is 16.4 Å². The van der Waals surface area contributed by atoms with Crippen LogP contribution in [0, 0.1) is 0 Å². The molecule has 0 spiro atoms. The van der Waals surface area contributed by atoms with Crippen molar-refractivity contribution in [1.29, 1.82) is 0 Å².